The number of hydrogen-bond acceptors (Lipinski definition) is 5. The van der Waals surface area contributed by atoms with Gasteiger partial charge in [0.05, 0.1) is 35.0 Å². The molecule has 2 aromatic heterocycles. The first kappa shape index (κ1) is 34.0. The number of aromatic amines is 2. The van der Waals surface area contributed by atoms with Crippen molar-refractivity contribution in [1.29, 1.82) is 0 Å². The molecule has 0 radical (unpaired) electrons. The van der Waals surface area contributed by atoms with E-state index in [4.69, 9.17) is 14.7 Å². The van der Waals surface area contributed by atoms with E-state index in [0.29, 0.717) is 18.9 Å². The maximum absolute atomic E-state index is 13.2. The van der Waals surface area contributed by atoms with Crippen LogP contribution >= 0.6 is 0 Å². The number of likely N-dealkylation sites (tertiary alicyclic amines) is 1. The first-order valence-corrected chi connectivity index (χ1v) is 18.5. The zero-order valence-electron chi connectivity index (χ0n) is 29.8. The summed E-state index contributed by atoms with van der Waals surface area (Å²) in [5, 5.41) is 5.43. The third-order valence-corrected chi connectivity index (χ3v) is 10.9. The van der Waals surface area contributed by atoms with Crippen LogP contribution in [0.5, 0.6) is 0 Å². The maximum atomic E-state index is 13.2. The van der Waals surface area contributed by atoms with Gasteiger partial charge in [0, 0.05) is 37.0 Å². The lowest BCUT2D eigenvalue weighted by molar-refractivity contribution is -0.137. The van der Waals surface area contributed by atoms with Crippen LogP contribution in [0, 0.1) is 17.8 Å². The SMILES string of the molecule is CC(C)[C@H](C)C(=O)N1CCC[C@H]1c1ncc(-c2ccc(-c3ccc4c(ccc5[nH]c([C@@H]6CCOCCCCC[C@H](C)C(=O)N6)nc54)c3)cc2)[nH]1. The fourth-order valence-electron chi connectivity index (χ4n) is 7.38. The molecule has 4 atom stereocenters. The molecule has 0 unspecified atom stereocenters. The molecule has 50 heavy (non-hydrogen) atoms. The quantitative estimate of drug-likeness (QED) is 0.167. The first-order chi connectivity index (χ1) is 24.3. The van der Waals surface area contributed by atoms with E-state index in [2.05, 4.69) is 83.7 Å². The monoisotopic (exact) mass is 674 g/mol. The van der Waals surface area contributed by atoms with Crippen LogP contribution in [0.2, 0.25) is 0 Å². The number of carbonyl (C=O) groups is 2. The summed E-state index contributed by atoms with van der Waals surface area (Å²) >= 11 is 0. The molecule has 2 fully saturated rings. The van der Waals surface area contributed by atoms with Gasteiger partial charge in [0.1, 0.15) is 11.6 Å². The number of H-pyrrole nitrogens is 2. The van der Waals surface area contributed by atoms with E-state index in [1.54, 1.807) is 0 Å². The second-order valence-corrected chi connectivity index (χ2v) is 14.7. The van der Waals surface area contributed by atoms with E-state index in [1.165, 1.54) is 0 Å². The van der Waals surface area contributed by atoms with Gasteiger partial charge in [0.15, 0.2) is 0 Å². The number of nitrogens with one attached hydrogen (secondary N) is 3. The highest BCUT2D eigenvalue weighted by Gasteiger charge is 2.35. The van der Waals surface area contributed by atoms with Crippen LogP contribution < -0.4 is 5.32 Å². The molecule has 2 aliphatic heterocycles. The molecule has 0 saturated carbocycles. The van der Waals surface area contributed by atoms with E-state index in [0.717, 1.165) is 108 Å². The zero-order chi connectivity index (χ0) is 34.8. The second kappa shape index (κ2) is 14.8. The van der Waals surface area contributed by atoms with E-state index in [9.17, 15) is 9.59 Å². The predicted octanol–water partition coefficient (Wildman–Crippen LogP) is 8.50. The Labute approximate surface area is 294 Å². The average Bonchev–Trinajstić information content (AvgIpc) is 3.91. The summed E-state index contributed by atoms with van der Waals surface area (Å²) in [6, 6.07) is 19.0. The highest BCUT2D eigenvalue weighted by molar-refractivity contribution is 6.05. The minimum Gasteiger partial charge on any atom is -0.381 e. The Hall–Kier alpha value is -4.50. The van der Waals surface area contributed by atoms with E-state index < -0.39 is 0 Å². The molecule has 5 aromatic rings. The standard InChI is InChI=1S/C41H50N6O3/c1-25(2)27(4)41(49)47-20-8-10-36(47)39-42-24-35(44-39)29-13-11-28(12-14-29)30-15-17-32-31(23-30)16-18-33-37(32)46-38(43-33)34-19-22-50-21-7-5-6-9-26(3)40(48)45-34/h11-18,23-27,34,36H,5-10,19-22H2,1-4H3,(H,42,44)(H,43,46)(H,45,48)/t26-,27-,34-,36-/m0/s1. The normalized spacial score (nSPS) is 21.7. The van der Waals surface area contributed by atoms with Gasteiger partial charge in [-0.15, -0.1) is 0 Å². The number of benzene rings is 3. The van der Waals surface area contributed by atoms with Crippen molar-refractivity contribution in [1.82, 2.24) is 30.2 Å². The summed E-state index contributed by atoms with van der Waals surface area (Å²) in [4.78, 5) is 45.0. The van der Waals surface area contributed by atoms with Crippen molar-refractivity contribution in [3.8, 4) is 22.4 Å². The van der Waals surface area contributed by atoms with Gasteiger partial charge >= 0.3 is 0 Å². The van der Waals surface area contributed by atoms with Gasteiger partial charge in [-0.1, -0.05) is 83.0 Å². The number of hydrogen-bond donors (Lipinski definition) is 3. The Bertz CT molecular complexity index is 1960. The second-order valence-electron chi connectivity index (χ2n) is 14.7. The highest BCUT2D eigenvalue weighted by Crippen LogP contribution is 2.35. The minimum atomic E-state index is -0.233. The zero-order valence-corrected chi connectivity index (χ0v) is 29.8. The van der Waals surface area contributed by atoms with Crippen LogP contribution in [-0.4, -0.2) is 56.4 Å². The van der Waals surface area contributed by atoms with Crippen LogP contribution in [-0.2, 0) is 14.3 Å². The van der Waals surface area contributed by atoms with Crippen LogP contribution in [0.1, 0.15) is 96.4 Å². The molecule has 0 aliphatic carbocycles. The van der Waals surface area contributed by atoms with Crippen LogP contribution in [0.4, 0.5) is 0 Å². The maximum Gasteiger partial charge on any atom is 0.226 e. The molecule has 262 valence electrons. The van der Waals surface area contributed by atoms with Crippen LogP contribution in [0.15, 0.2) is 60.8 Å². The summed E-state index contributed by atoms with van der Waals surface area (Å²) < 4.78 is 5.89. The fraction of sp³-hybridized carbons (Fsp3) is 0.463. The van der Waals surface area contributed by atoms with E-state index in [-0.39, 0.29) is 35.7 Å². The summed E-state index contributed by atoms with van der Waals surface area (Å²) in [7, 11) is 0. The Balaban J connectivity index is 1.09. The van der Waals surface area contributed by atoms with Crippen LogP contribution in [0.25, 0.3) is 44.2 Å². The summed E-state index contributed by atoms with van der Waals surface area (Å²) in [5.74, 6) is 2.22. The van der Waals surface area contributed by atoms with Crippen molar-refractivity contribution >= 4 is 33.6 Å². The summed E-state index contributed by atoms with van der Waals surface area (Å²) in [6.07, 6.45) is 8.55. The van der Waals surface area contributed by atoms with Gasteiger partial charge < -0.3 is 24.9 Å². The number of rotatable bonds is 6. The first-order valence-electron chi connectivity index (χ1n) is 18.5. The van der Waals surface area contributed by atoms with Crippen LogP contribution in [0.3, 0.4) is 0 Å². The lowest BCUT2D eigenvalue weighted by Gasteiger charge is -2.27. The van der Waals surface area contributed by atoms with Crippen molar-refractivity contribution in [3.63, 3.8) is 0 Å². The van der Waals surface area contributed by atoms with Gasteiger partial charge in [-0.25, -0.2) is 9.97 Å². The van der Waals surface area contributed by atoms with Crippen molar-refractivity contribution in [2.45, 2.75) is 84.7 Å². The third kappa shape index (κ3) is 7.06. The minimum absolute atomic E-state index is 0.00107. The molecular formula is C41H50N6O3. The number of aromatic nitrogens is 4. The average molecular weight is 675 g/mol. The number of imidazole rings is 2. The van der Waals surface area contributed by atoms with Gasteiger partial charge in [-0.3, -0.25) is 9.59 Å². The molecule has 4 heterocycles. The molecule has 3 N–H and O–H groups in total. The molecule has 2 saturated heterocycles. The molecule has 2 amide bonds. The molecule has 0 bridgehead atoms. The Morgan fingerprint density at radius 1 is 0.860 bits per heavy atom. The third-order valence-electron chi connectivity index (χ3n) is 10.9. The summed E-state index contributed by atoms with van der Waals surface area (Å²) in [6.45, 7) is 10.4. The van der Waals surface area contributed by atoms with E-state index >= 15 is 0 Å². The lowest BCUT2D eigenvalue weighted by atomic mass is 9.96. The molecule has 3 aromatic carbocycles. The van der Waals surface area contributed by atoms with Gasteiger partial charge in [-0.2, -0.15) is 0 Å². The molecule has 9 heteroatoms. The highest BCUT2D eigenvalue weighted by atomic mass is 16.5. The predicted molar refractivity (Wildman–Crippen MR) is 198 cm³/mol. The Morgan fingerprint density at radius 2 is 1.66 bits per heavy atom. The van der Waals surface area contributed by atoms with Crippen molar-refractivity contribution in [2.75, 3.05) is 19.8 Å². The summed E-state index contributed by atoms with van der Waals surface area (Å²) in [5.41, 5.74) is 6.13. The molecule has 7 rings (SSSR count). The van der Waals surface area contributed by atoms with Gasteiger partial charge in [0.25, 0.3) is 0 Å². The number of carbonyl (C=O) groups excluding carboxylic acids is 2. The van der Waals surface area contributed by atoms with Crippen molar-refractivity contribution in [2.24, 2.45) is 17.8 Å². The molecule has 0 spiro atoms. The number of fused-ring (bicyclic) bond motifs is 3. The largest absolute Gasteiger partial charge is 0.381 e. The Kier molecular flexibility index (Phi) is 10.0. The van der Waals surface area contributed by atoms with Gasteiger partial charge in [0.2, 0.25) is 11.8 Å². The number of nitrogens with zero attached hydrogens (tertiary/aromatic N) is 3. The van der Waals surface area contributed by atoms with Crippen molar-refractivity contribution in [3.05, 3.63) is 72.4 Å². The Morgan fingerprint density at radius 3 is 2.48 bits per heavy atom. The molecule has 2 aliphatic rings. The number of amides is 2. The molecule has 9 nitrogen and oxygen atoms in total. The molecular weight excluding hydrogens is 624 g/mol. The van der Waals surface area contributed by atoms with Gasteiger partial charge in [-0.05, 0) is 72.2 Å². The smallest absolute Gasteiger partial charge is 0.226 e. The lowest BCUT2D eigenvalue weighted by Crippen LogP contribution is -2.36. The topological polar surface area (TPSA) is 116 Å². The number of ether oxygens (including phenoxy) is 1. The van der Waals surface area contributed by atoms with Crippen molar-refractivity contribution < 1.29 is 14.3 Å². The fourth-order valence-corrected chi connectivity index (χ4v) is 7.38. The van der Waals surface area contributed by atoms with E-state index in [1.807, 2.05) is 24.9 Å².